The minimum absolute atomic E-state index is 0.225. The van der Waals surface area contributed by atoms with Gasteiger partial charge in [-0.1, -0.05) is 18.2 Å². The van der Waals surface area contributed by atoms with E-state index in [1.165, 1.54) is 0 Å². The predicted molar refractivity (Wildman–Crippen MR) is 148 cm³/mol. The smallest absolute Gasteiger partial charge is 0.410 e. The van der Waals surface area contributed by atoms with Crippen LogP contribution in [0.5, 0.6) is 0 Å². The summed E-state index contributed by atoms with van der Waals surface area (Å²) in [6, 6.07) is 20.9. The first-order chi connectivity index (χ1) is 18.6. The monoisotopic (exact) mass is 525 g/mol. The Bertz CT molecular complexity index is 1420. The number of carbonyl (C=O) groups excluding carboxylic acids is 3. The van der Waals surface area contributed by atoms with Crippen molar-refractivity contribution in [2.75, 3.05) is 17.2 Å². The highest BCUT2D eigenvalue weighted by molar-refractivity contribution is 6.04. The highest BCUT2D eigenvalue weighted by Crippen LogP contribution is 2.24. The maximum atomic E-state index is 13.0. The molecule has 1 aliphatic rings. The lowest BCUT2D eigenvalue weighted by atomic mass is 9.99. The van der Waals surface area contributed by atoms with E-state index in [0.29, 0.717) is 35.6 Å². The van der Waals surface area contributed by atoms with E-state index in [1.807, 2.05) is 51.1 Å². The van der Waals surface area contributed by atoms with Gasteiger partial charge in [0.05, 0.1) is 11.6 Å². The van der Waals surface area contributed by atoms with Gasteiger partial charge in [0.1, 0.15) is 5.60 Å². The van der Waals surface area contributed by atoms with E-state index in [4.69, 9.17) is 10.00 Å². The number of carbonyl (C=O) groups is 3. The number of nitrogens with zero attached hydrogens (tertiary/aromatic N) is 2. The Labute approximate surface area is 227 Å². The zero-order valence-electron chi connectivity index (χ0n) is 22.2. The van der Waals surface area contributed by atoms with E-state index >= 15 is 0 Å². The fourth-order valence-corrected chi connectivity index (χ4v) is 4.13. The molecule has 200 valence electrons. The second-order valence-electron chi connectivity index (χ2n) is 10.3. The number of urea groups is 1. The number of anilines is 2. The molecule has 0 unspecified atom stereocenters. The Balaban J connectivity index is 1.34. The zero-order chi connectivity index (χ0) is 28.0. The van der Waals surface area contributed by atoms with Crippen molar-refractivity contribution < 1.29 is 19.1 Å². The minimum atomic E-state index is -0.563. The SMILES string of the molecule is CC(C)(C)OC(=O)N1CCc2ccc(NC(=O)c3cccc(CNC(=O)Nc4ccc(C#N)cc4)c3)cc2C1. The lowest BCUT2D eigenvalue weighted by molar-refractivity contribution is 0.0224. The van der Waals surface area contributed by atoms with Crippen molar-refractivity contribution in [1.82, 2.24) is 10.2 Å². The van der Waals surface area contributed by atoms with Gasteiger partial charge in [0.25, 0.3) is 5.91 Å². The Kier molecular flexibility index (Phi) is 8.15. The Hall–Kier alpha value is -4.84. The van der Waals surface area contributed by atoms with Gasteiger partial charge in [0.15, 0.2) is 0 Å². The highest BCUT2D eigenvalue weighted by Gasteiger charge is 2.26. The first-order valence-corrected chi connectivity index (χ1v) is 12.6. The number of hydrogen-bond acceptors (Lipinski definition) is 5. The van der Waals surface area contributed by atoms with Crippen LogP contribution >= 0.6 is 0 Å². The van der Waals surface area contributed by atoms with Crippen LogP contribution < -0.4 is 16.0 Å². The van der Waals surface area contributed by atoms with Crippen LogP contribution in [0.3, 0.4) is 0 Å². The van der Waals surface area contributed by atoms with Crippen LogP contribution in [0.25, 0.3) is 0 Å². The zero-order valence-corrected chi connectivity index (χ0v) is 22.2. The molecule has 0 fully saturated rings. The number of fused-ring (bicyclic) bond motifs is 1. The summed E-state index contributed by atoms with van der Waals surface area (Å²) in [6.45, 7) is 6.75. The number of rotatable bonds is 5. The van der Waals surface area contributed by atoms with Crippen molar-refractivity contribution in [2.45, 2.75) is 45.9 Å². The molecule has 0 aromatic heterocycles. The van der Waals surface area contributed by atoms with Gasteiger partial charge in [-0.3, -0.25) is 4.79 Å². The maximum Gasteiger partial charge on any atom is 0.410 e. The maximum absolute atomic E-state index is 13.0. The predicted octanol–water partition coefficient (Wildman–Crippen LogP) is 5.43. The number of amides is 4. The van der Waals surface area contributed by atoms with Crippen LogP contribution in [0.2, 0.25) is 0 Å². The molecule has 1 heterocycles. The van der Waals surface area contributed by atoms with Crippen LogP contribution in [0.4, 0.5) is 21.0 Å². The molecule has 0 saturated carbocycles. The van der Waals surface area contributed by atoms with Crippen LogP contribution in [-0.4, -0.2) is 35.1 Å². The van der Waals surface area contributed by atoms with Gasteiger partial charge in [0.2, 0.25) is 0 Å². The number of hydrogen-bond donors (Lipinski definition) is 3. The van der Waals surface area contributed by atoms with E-state index in [2.05, 4.69) is 16.0 Å². The lowest BCUT2D eigenvalue weighted by Crippen LogP contribution is -2.39. The molecule has 9 heteroatoms. The van der Waals surface area contributed by atoms with Crippen LogP contribution in [0.1, 0.15) is 53.4 Å². The largest absolute Gasteiger partial charge is 0.444 e. The third-order valence-electron chi connectivity index (χ3n) is 6.04. The average Bonchev–Trinajstić information content (AvgIpc) is 2.91. The summed E-state index contributed by atoms with van der Waals surface area (Å²) in [7, 11) is 0. The molecule has 0 atom stereocenters. The Morgan fingerprint density at radius 3 is 2.41 bits per heavy atom. The molecule has 0 radical (unpaired) electrons. The van der Waals surface area contributed by atoms with Gasteiger partial charge >= 0.3 is 12.1 Å². The van der Waals surface area contributed by atoms with Crippen LogP contribution in [0, 0.1) is 11.3 Å². The molecule has 0 spiro atoms. The summed E-state index contributed by atoms with van der Waals surface area (Å²) in [5.41, 5.74) is 4.47. The van der Waals surface area contributed by atoms with E-state index in [9.17, 15) is 14.4 Å². The second kappa shape index (κ2) is 11.7. The molecule has 1 aliphatic heterocycles. The van der Waals surface area contributed by atoms with Crippen LogP contribution in [-0.2, 0) is 24.2 Å². The van der Waals surface area contributed by atoms with Gasteiger partial charge < -0.3 is 25.6 Å². The summed E-state index contributed by atoms with van der Waals surface area (Å²) < 4.78 is 5.51. The summed E-state index contributed by atoms with van der Waals surface area (Å²) >= 11 is 0. The quantitative estimate of drug-likeness (QED) is 0.410. The van der Waals surface area contributed by atoms with Crippen molar-refractivity contribution in [2.24, 2.45) is 0 Å². The topological polar surface area (TPSA) is 124 Å². The third kappa shape index (κ3) is 7.58. The fourth-order valence-electron chi connectivity index (χ4n) is 4.13. The van der Waals surface area contributed by atoms with Crippen molar-refractivity contribution in [3.8, 4) is 6.07 Å². The highest BCUT2D eigenvalue weighted by atomic mass is 16.6. The van der Waals surface area contributed by atoms with Crippen molar-refractivity contribution in [3.63, 3.8) is 0 Å². The summed E-state index contributed by atoms with van der Waals surface area (Å²) in [4.78, 5) is 39.4. The molecule has 4 amide bonds. The van der Waals surface area contributed by atoms with E-state index in [-0.39, 0.29) is 18.5 Å². The van der Waals surface area contributed by atoms with Gasteiger partial charge in [-0.2, -0.15) is 5.26 Å². The van der Waals surface area contributed by atoms with Crippen molar-refractivity contribution >= 4 is 29.4 Å². The van der Waals surface area contributed by atoms with E-state index < -0.39 is 11.6 Å². The second-order valence-corrected chi connectivity index (χ2v) is 10.3. The summed E-state index contributed by atoms with van der Waals surface area (Å²) in [6.07, 6.45) is 0.370. The number of nitrogens with one attached hydrogen (secondary N) is 3. The molecule has 3 N–H and O–H groups in total. The fraction of sp³-hybridized carbons (Fsp3) is 0.267. The molecule has 3 aromatic rings. The van der Waals surface area contributed by atoms with Gasteiger partial charge in [0, 0.05) is 36.6 Å². The molecule has 4 rings (SSSR count). The normalized spacial score (nSPS) is 12.5. The number of nitriles is 1. The summed E-state index contributed by atoms with van der Waals surface area (Å²) in [5.74, 6) is -0.279. The van der Waals surface area contributed by atoms with Crippen molar-refractivity contribution in [1.29, 1.82) is 5.26 Å². The van der Waals surface area contributed by atoms with Gasteiger partial charge in [-0.15, -0.1) is 0 Å². The summed E-state index contributed by atoms with van der Waals surface area (Å²) in [5, 5.41) is 17.3. The van der Waals surface area contributed by atoms with E-state index in [1.54, 1.807) is 47.4 Å². The number of benzene rings is 3. The average molecular weight is 526 g/mol. The molecule has 39 heavy (non-hydrogen) atoms. The molecular formula is C30H31N5O4. The Morgan fingerprint density at radius 1 is 0.949 bits per heavy atom. The van der Waals surface area contributed by atoms with Crippen molar-refractivity contribution in [3.05, 3.63) is 94.5 Å². The third-order valence-corrected chi connectivity index (χ3v) is 6.04. The number of ether oxygens (including phenoxy) is 1. The Morgan fingerprint density at radius 2 is 1.69 bits per heavy atom. The van der Waals surface area contributed by atoms with Crippen LogP contribution in [0.15, 0.2) is 66.7 Å². The first-order valence-electron chi connectivity index (χ1n) is 12.6. The lowest BCUT2D eigenvalue weighted by Gasteiger charge is -2.31. The molecule has 9 nitrogen and oxygen atoms in total. The van der Waals surface area contributed by atoms with Gasteiger partial charge in [-0.25, -0.2) is 9.59 Å². The standard InChI is InChI=1S/C30H31N5O4/c1-30(2,3)39-29(38)35-14-13-22-9-12-26(16-24(22)19-35)33-27(36)23-6-4-5-21(15-23)18-32-28(37)34-25-10-7-20(17-31)8-11-25/h4-12,15-16H,13-14,18-19H2,1-3H3,(H,33,36)(H2,32,34,37). The molecular weight excluding hydrogens is 494 g/mol. The van der Waals surface area contributed by atoms with Gasteiger partial charge in [-0.05, 0) is 92.4 Å². The minimum Gasteiger partial charge on any atom is -0.444 e. The van der Waals surface area contributed by atoms with E-state index in [0.717, 1.165) is 23.1 Å². The molecule has 0 bridgehead atoms. The molecule has 3 aromatic carbocycles. The molecule has 0 saturated heterocycles. The molecule has 0 aliphatic carbocycles. The first kappa shape index (κ1) is 27.2.